The zero-order valence-corrected chi connectivity index (χ0v) is 12.8. The Hall–Kier alpha value is -1.49. The zero-order valence-electron chi connectivity index (χ0n) is 12.0. The molecule has 0 radical (unpaired) electrons. The molecule has 1 fully saturated rings. The maximum absolute atomic E-state index is 13.6. The number of rotatable bonds is 3. The molecule has 2 unspecified atom stereocenters. The average Bonchev–Trinajstić information content (AvgIpc) is 2.43. The minimum atomic E-state index is -3.98. The van der Waals surface area contributed by atoms with Crippen molar-refractivity contribution in [1.29, 1.82) is 5.26 Å². The van der Waals surface area contributed by atoms with E-state index in [1.165, 1.54) is 12.1 Å². The van der Waals surface area contributed by atoms with E-state index in [4.69, 9.17) is 5.26 Å². The van der Waals surface area contributed by atoms with Gasteiger partial charge in [0.2, 0.25) is 0 Å². The lowest BCUT2D eigenvalue weighted by Crippen LogP contribution is -2.54. The third-order valence-corrected chi connectivity index (χ3v) is 5.17. The molecule has 0 amide bonds. The first-order valence-electron chi connectivity index (χ1n) is 6.86. The summed E-state index contributed by atoms with van der Waals surface area (Å²) in [4.78, 5) is 2.18. The fourth-order valence-electron chi connectivity index (χ4n) is 2.63. The molecule has 1 aromatic carbocycles. The molecule has 5 nitrogen and oxygen atoms in total. The van der Waals surface area contributed by atoms with Crippen LogP contribution in [-0.2, 0) is 10.0 Å². The monoisotopic (exact) mass is 311 g/mol. The van der Waals surface area contributed by atoms with Gasteiger partial charge in [-0.15, -0.1) is 4.83 Å². The Morgan fingerprint density at radius 2 is 1.95 bits per heavy atom. The minimum Gasteiger partial charge on any atom is -0.225 e. The van der Waals surface area contributed by atoms with Gasteiger partial charge in [-0.3, -0.25) is 0 Å². The molecule has 0 aliphatic carbocycles. The lowest BCUT2D eigenvalue weighted by Gasteiger charge is -2.38. The number of hydrogen-bond acceptors (Lipinski definition) is 4. The van der Waals surface area contributed by atoms with Crippen LogP contribution in [0.25, 0.3) is 0 Å². The van der Waals surface area contributed by atoms with E-state index in [-0.39, 0.29) is 17.0 Å². The number of hydrazine groups is 1. The van der Waals surface area contributed by atoms with E-state index in [1.54, 1.807) is 11.1 Å². The van der Waals surface area contributed by atoms with Crippen molar-refractivity contribution in [3.8, 4) is 6.07 Å². The second kappa shape index (κ2) is 6.10. The van der Waals surface area contributed by atoms with Crippen LogP contribution in [0.4, 0.5) is 4.39 Å². The zero-order chi connectivity index (χ0) is 15.6. The first-order valence-corrected chi connectivity index (χ1v) is 8.34. The predicted octanol–water partition coefficient (Wildman–Crippen LogP) is 2.15. The van der Waals surface area contributed by atoms with Crippen molar-refractivity contribution in [3.05, 3.63) is 29.6 Å². The Morgan fingerprint density at radius 3 is 2.52 bits per heavy atom. The van der Waals surface area contributed by atoms with Gasteiger partial charge in [0.25, 0.3) is 10.0 Å². The number of nitriles is 1. The third kappa shape index (κ3) is 3.23. The largest absolute Gasteiger partial charge is 0.254 e. The Balaban J connectivity index is 2.35. The van der Waals surface area contributed by atoms with Crippen molar-refractivity contribution in [2.45, 2.75) is 50.1 Å². The van der Waals surface area contributed by atoms with Gasteiger partial charge in [-0.25, -0.2) is 17.8 Å². The van der Waals surface area contributed by atoms with Crippen LogP contribution in [0.1, 0.15) is 38.7 Å². The van der Waals surface area contributed by atoms with Gasteiger partial charge in [0.15, 0.2) is 0 Å². The van der Waals surface area contributed by atoms with Crippen molar-refractivity contribution < 1.29 is 12.8 Å². The van der Waals surface area contributed by atoms with Crippen LogP contribution in [0.2, 0.25) is 0 Å². The summed E-state index contributed by atoms with van der Waals surface area (Å²) in [6.45, 7) is 3.88. The van der Waals surface area contributed by atoms with Crippen LogP contribution >= 0.6 is 0 Å². The molecule has 1 saturated heterocycles. The molecule has 1 aliphatic rings. The number of sulfonamides is 1. The van der Waals surface area contributed by atoms with Crippen molar-refractivity contribution in [2.75, 3.05) is 0 Å². The molecule has 0 saturated carbocycles. The second-order valence-electron chi connectivity index (χ2n) is 5.36. The molecule has 2 rings (SSSR count). The molecule has 7 heteroatoms. The van der Waals surface area contributed by atoms with Gasteiger partial charge in [0, 0.05) is 12.1 Å². The standard InChI is InChI=1S/C14H18FN3O2S/c1-10-5-3-6-11(2)18(10)17-21(19,20)14-8-4-7-13(15)12(14)9-16/h4,7-8,10-11,17H,3,5-6H2,1-2H3. The van der Waals surface area contributed by atoms with Crippen LogP contribution in [0.3, 0.4) is 0 Å². The van der Waals surface area contributed by atoms with Crippen LogP contribution in [-0.4, -0.2) is 25.5 Å². The summed E-state index contributed by atoms with van der Waals surface area (Å²) in [5, 5.41) is 10.6. The summed E-state index contributed by atoms with van der Waals surface area (Å²) in [7, 11) is -3.98. The highest BCUT2D eigenvalue weighted by atomic mass is 32.2. The van der Waals surface area contributed by atoms with Crippen molar-refractivity contribution in [3.63, 3.8) is 0 Å². The van der Waals surface area contributed by atoms with Gasteiger partial charge in [-0.05, 0) is 38.8 Å². The quantitative estimate of drug-likeness (QED) is 0.928. The van der Waals surface area contributed by atoms with Gasteiger partial charge in [-0.1, -0.05) is 12.5 Å². The number of nitrogens with one attached hydrogen (secondary N) is 1. The highest BCUT2D eigenvalue weighted by molar-refractivity contribution is 7.89. The van der Waals surface area contributed by atoms with Crippen LogP contribution in [0.15, 0.2) is 23.1 Å². The van der Waals surface area contributed by atoms with E-state index in [1.807, 2.05) is 13.8 Å². The topological polar surface area (TPSA) is 73.2 Å². The number of benzene rings is 1. The molecule has 21 heavy (non-hydrogen) atoms. The van der Waals surface area contributed by atoms with Crippen molar-refractivity contribution >= 4 is 10.0 Å². The second-order valence-corrected chi connectivity index (χ2v) is 6.98. The van der Waals surface area contributed by atoms with Gasteiger partial charge in [0.1, 0.15) is 22.3 Å². The molecule has 0 spiro atoms. The summed E-state index contributed by atoms with van der Waals surface area (Å²) >= 11 is 0. The lowest BCUT2D eigenvalue weighted by molar-refractivity contribution is 0.0790. The Kier molecular flexibility index (Phi) is 4.61. The predicted molar refractivity (Wildman–Crippen MR) is 76.1 cm³/mol. The van der Waals surface area contributed by atoms with E-state index < -0.39 is 21.4 Å². The van der Waals surface area contributed by atoms with Crippen LogP contribution in [0.5, 0.6) is 0 Å². The maximum Gasteiger partial charge on any atom is 0.254 e. The maximum atomic E-state index is 13.6. The van der Waals surface area contributed by atoms with E-state index in [0.29, 0.717) is 0 Å². The molecule has 114 valence electrons. The first-order chi connectivity index (χ1) is 9.86. The molecule has 0 aromatic heterocycles. The molecular formula is C14H18FN3O2S. The molecule has 1 heterocycles. The Labute approximate surface area is 124 Å². The molecule has 1 N–H and O–H groups in total. The highest BCUT2D eigenvalue weighted by Crippen LogP contribution is 2.23. The van der Waals surface area contributed by atoms with Gasteiger partial charge >= 0.3 is 0 Å². The van der Waals surface area contributed by atoms with Gasteiger partial charge in [-0.2, -0.15) is 5.26 Å². The highest BCUT2D eigenvalue weighted by Gasteiger charge is 2.30. The summed E-state index contributed by atoms with van der Waals surface area (Å²) in [5.74, 6) is -0.833. The smallest absolute Gasteiger partial charge is 0.225 e. The Bertz CT molecular complexity index is 659. The Morgan fingerprint density at radius 1 is 1.33 bits per heavy atom. The summed E-state index contributed by atoms with van der Waals surface area (Å²) in [5.41, 5.74) is -0.456. The fourth-order valence-corrected chi connectivity index (χ4v) is 4.03. The number of hydrogen-bond donors (Lipinski definition) is 1. The number of halogens is 1. The van der Waals surface area contributed by atoms with Crippen LogP contribution in [0, 0.1) is 17.1 Å². The normalized spacial score (nSPS) is 23.7. The summed E-state index contributed by atoms with van der Waals surface area (Å²) in [6, 6.07) is 5.33. The lowest BCUT2D eigenvalue weighted by atomic mass is 10.0. The van der Waals surface area contributed by atoms with E-state index in [2.05, 4.69) is 4.83 Å². The molecular weight excluding hydrogens is 293 g/mol. The molecule has 1 aliphatic heterocycles. The third-order valence-electron chi connectivity index (χ3n) is 3.80. The van der Waals surface area contributed by atoms with E-state index >= 15 is 0 Å². The van der Waals surface area contributed by atoms with E-state index in [9.17, 15) is 12.8 Å². The van der Waals surface area contributed by atoms with Crippen molar-refractivity contribution in [2.24, 2.45) is 0 Å². The average molecular weight is 311 g/mol. The van der Waals surface area contributed by atoms with Gasteiger partial charge < -0.3 is 0 Å². The summed E-state index contributed by atoms with van der Waals surface area (Å²) in [6.07, 6.45) is 2.83. The van der Waals surface area contributed by atoms with Crippen molar-refractivity contribution in [1.82, 2.24) is 9.84 Å². The molecule has 1 aromatic rings. The van der Waals surface area contributed by atoms with Crippen LogP contribution < -0.4 is 4.83 Å². The molecule has 0 bridgehead atoms. The van der Waals surface area contributed by atoms with Gasteiger partial charge in [0.05, 0.1) is 0 Å². The SMILES string of the molecule is CC1CCCC(C)N1NS(=O)(=O)c1cccc(F)c1C#N. The fraction of sp³-hybridized carbons (Fsp3) is 0.500. The van der Waals surface area contributed by atoms with E-state index in [0.717, 1.165) is 25.3 Å². The minimum absolute atomic E-state index is 0.0580. The first kappa shape index (κ1) is 15.9. The summed E-state index contributed by atoms with van der Waals surface area (Å²) < 4.78 is 38.5. The molecule has 2 atom stereocenters. The number of nitrogens with zero attached hydrogens (tertiary/aromatic N) is 2. The number of piperidine rings is 1.